The molecule has 0 radical (unpaired) electrons. The van der Waals surface area contributed by atoms with Crippen LogP contribution in [0.1, 0.15) is 38.8 Å². The van der Waals surface area contributed by atoms with Crippen LogP contribution in [0.2, 0.25) is 0 Å². The molecule has 0 saturated carbocycles. The normalized spacial score (nSPS) is 12.6. The van der Waals surface area contributed by atoms with Gasteiger partial charge in [0.05, 0.1) is 5.75 Å². The van der Waals surface area contributed by atoms with Crippen LogP contribution in [-0.4, -0.2) is 14.5 Å². The van der Waals surface area contributed by atoms with E-state index in [1.807, 2.05) is 58.9 Å². The van der Waals surface area contributed by atoms with Gasteiger partial charge >= 0.3 is 0 Å². The zero-order valence-electron chi connectivity index (χ0n) is 12.5. The molecule has 1 rings (SSSR count). The van der Waals surface area contributed by atoms with Crippen LogP contribution in [0.4, 0.5) is 0 Å². The van der Waals surface area contributed by atoms with E-state index < -0.39 is 10.0 Å². The van der Waals surface area contributed by atoms with E-state index in [9.17, 15) is 8.42 Å². The summed E-state index contributed by atoms with van der Waals surface area (Å²) in [5.74, 6) is 0.615. The number of hydrogen-bond donors (Lipinski definition) is 1. The summed E-state index contributed by atoms with van der Waals surface area (Å²) in [5.41, 5.74) is 1.96. The van der Waals surface area contributed by atoms with Gasteiger partial charge in [-0.05, 0) is 24.3 Å². The Bertz CT molecular complexity index is 481. The number of sulfonamides is 1. The standard InChI is InChI=1S/C15H25NO2S/c1-11(2)15(12(3)4)16-19(17,18)10-14-8-6-13(5)7-9-14/h6-9,11-12,15-16H,10H2,1-5H3. The first-order valence-electron chi connectivity index (χ1n) is 6.77. The van der Waals surface area contributed by atoms with E-state index in [-0.39, 0.29) is 23.6 Å². The summed E-state index contributed by atoms with van der Waals surface area (Å²) in [6.45, 7) is 10.2. The smallest absolute Gasteiger partial charge is 0.212 e. The molecule has 1 aromatic carbocycles. The lowest BCUT2D eigenvalue weighted by atomic mass is 9.94. The molecule has 0 atom stereocenters. The molecule has 1 N–H and O–H groups in total. The van der Waals surface area contributed by atoms with Gasteiger partial charge in [0, 0.05) is 6.04 Å². The van der Waals surface area contributed by atoms with E-state index >= 15 is 0 Å². The number of benzene rings is 1. The fraction of sp³-hybridized carbons (Fsp3) is 0.600. The number of aryl methyl sites for hydroxylation is 1. The first kappa shape index (κ1) is 16.2. The van der Waals surface area contributed by atoms with Crippen molar-refractivity contribution in [3.05, 3.63) is 35.4 Å². The zero-order valence-corrected chi connectivity index (χ0v) is 13.3. The predicted molar refractivity (Wildman–Crippen MR) is 80.4 cm³/mol. The van der Waals surface area contributed by atoms with Crippen molar-refractivity contribution in [3.8, 4) is 0 Å². The van der Waals surface area contributed by atoms with E-state index in [1.165, 1.54) is 0 Å². The quantitative estimate of drug-likeness (QED) is 0.872. The van der Waals surface area contributed by atoms with Crippen LogP contribution in [0.5, 0.6) is 0 Å². The molecule has 0 unspecified atom stereocenters. The van der Waals surface area contributed by atoms with Gasteiger partial charge in [0.25, 0.3) is 0 Å². The Balaban J connectivity index is 2.78. The maximum atomic E-state index is 12.2. The Morgan fingerprint density at radius 1 is 1.00 bits per heavy atom. The minimum atomic E-state index is -3.29. The average Bonchev–Trinajstić information content (AvgIpc) is 2.28. The summed E-state index contributed by atoms with van der Waals surface area (Å²) >= 11 is 0. The van der Waals surface area contributed by atoms with Crippen molar-refractivity contribution in [1.82, 2.24) is 4.72 Å². The SMILES string of the molecule is Cc1ccc(CS(=O)(=O)NC(C(C)C)C(C)C)cc1. The van der Waals surface area contributed by atoms with Crippen molar-refractivity contribution >= 4 is 10.0 Å². The van der Waals surface area contributed by atoms with Gasteiger partial charge in [-0.1, -0.05) is 57.5 Å². The summed E-state index contributed by atoms with van der Waals surface area (Å²) in [5, 5.41) is 0. The molecule has 1 aromatic rings. The first-order valence-corrected chi connectivity index (χ1v) is 8.42. The molecule has 0 saturated heterocycles. The lowest BCUT2D eigenvalue weighted by molar-refractivity contribution is 0.355. The number of hydrogen-bond acceptors (Lipinski definition) is 2. The second kappa shape index (κ2) is 6.53. The molecule has 0 aliphatic rings. The summed E-state index contributed by atoms with van der Waals surface area (Å²) in [6.07, 6.45) is 0. The molecule has 4 heteroatoms. The zero-order chi connectivity index (χ0) is 14.6. The Labute approximate surface area is 117 Å². The maximum Gasteiger partial charge on any atom is 0.216 e. The van der Waals surface area contributed by atoms with Crippen LogP contribution in [0, 0.1) is 18.8 Å². The molecule has 108 valence electrons. The molecule has 0 bridgehead atoms. The minimum Gasteiger partial charge on any atom is -0.212 e. The molecule has 0 aliphatic carbocycles. The summed E-state index contributed by atoms with van der Waals surface area (Å²) in [7, 11) is -3.29. The molecule has 0 heterocycles. The highest BCUT2D eigenvalue weighted by molar-refractivity contribution is 7.88. The van der Waals surface area contributed by atoms with Crippen molar-refractivity contribution in [2.45, 2.75) is 46.4 Å². The molecule has 0 aromatic heterocycles. The topological polar surface area (TPSA) is 46.2 Å². The predicted octanol–water partition coefficient (Wildman–Crippen LogP) is 3.10. The van der Waals surface area contributed by atoms with Crippen LogP contribution < -0.4 is 4.72 Å². The van der Waals surface area contributed by atoms with Gasteiger partial charge in [-0.2, -0.15) is 0 Å². The van der Waals surface area contributed by atoms with Crippen LogP contribution >= 0.6 is 0 Å². The van der Waals surface area contributed by atoms with Crippen LogP contribution in [0.15, 0.2) is 24.3 Å². The molecule has 0 amide bonds. The lowest BCUT2D eigenvalue weighted by Crippen LogP contribution is -2.42. The third-order valence-electron chi connectivity index (χ3n) is 3.23. The van der Waals surface area contributed by atoms with Crippen LogP contribution in [-0.2, 0) is 15.8 Å². The molecular formula is C15H25NO2S. The van der Waals surface area contributed by atoms with E-state index in [0.717, 1.165) is 11.1 Å². The van der Waals surface area contributed by atoms with Gasteiger partial charge in [0.1, 0.15) is 0 Å². The van der Waals surface area contributed by atoms with Gasteiger partial charge < -0.3 is 0 Å². The highest BCUT2D eigenvalue weighted by atomic mass is 32.2. The van der Waals surface area contributed by atoms with Crippen molar-refractivity contribution in [3.63, 3.8) is 0 Å². The molecule has 3 nitrogen and oxygen atoms in total. The third-order valence-corrected chi connectivity index (χ3v) is 4.57. The minimum absolute atomic E-state index is 0.0181. The van der Waals surface area contributed by atoms with Gasteiger partial charge in [-0.25, -0.2) is 13.1 Å². The maximum absolute atomic E-state index is 12.2. The fourth-order valence-corrected chi connectivity index (χ4v) is 3.87. The monoisotopic (exact) mass is 283 g/mol. The summed E-state index contributed by atoms with van der Waals surface area (Å²) in [4.78, 5) is 0. The summed E-state index contributed by atoms with van der Waals surface area (Å²) < 4.78 is 27.2. The van der Waals surface area contributed by atoms with E-state index in [0.29, 0.717) is 0 Å². The van der Waals surface area contributed by atoms with E-state index in [2.05, 4.69) is 4.72 Å². The van der Waals surface area contributed by atoms with E-state index in [1.54, 1.807) is 0 Å². The lowest BCUT2D eigenvalue weighted by Gasteiger charge is -2.25. The Morgan fingerprint density at radius 2 is 1.47 bits per heavy atom. The van der Waals surface area contributed by atoms with E-state index in [4.69, 9.17) is 0 Å². The van der Waals surface area contributed by atoms with Crippen molar-refractivity contribution in [2.24, 2.45) is 11.8 Å². The molecular weight excluding hydrogens is 258 g/mol. The van der Waals surface area contributed by atoms with Crippen molar-refractivity contribution < 1.29 is 8.42 Å². The second-order valence-electron chi connectivity index (χ2n) is 5.88. The molecule has 0 fully saturated rings. The highest BCUT2D eigenvalue weighted by Gasteiger charge is 2.23. The first-order chi connectivity index (χ1) is 8.71. The fourth-order valence-electron chi connectivity index (χ4n) is 2.19. The number of nitrogens with one attached hydrogen (secondary N) is 1. The van der Waals surface area contributed by atoms with Crippen LogP contribution in [0.25, 0.3) is 0 Å². The van der Waals surface area contributed by atoms with Gasteiger partial charge in [-0.3, -0.25) is 0 Å². The summed E-state index contributed by atoms with van der Waals surface area (Å²) in [6, 6.07) is 7.60. The molecule has 0 aliphatic heterocycles. The second-order valence-corrected chi connectivity index (χ2v) is 7.63. The molecule has 19 heavy (non-hydrogen) atoms. The van der Waals surface area contributed by atoms with Gasteiger partial charge in [0.2, 0.25) is 10.0 Å². The van der Waals surface area contributed by atoms with Gasteiger partial charge in [-0.15, -0.1) is 0 Å². The molecule has 0 spiro atoms. The third kappa shape index (κ3) is 5.33. The largest absolute Gasteiger partial charge is 0.216 e. The van der Waals surface area contributed by atoms with Crippen LogP contribution in [0.3, 0.4) is 0 Å². The van der Waals surface area contributed by atoms with Gasteiger partial charge in [0.15, 0.2) is 0 Å². The highest BCUT2D eigenvalue weighted by Crippen LogP contribution is 2.15. The Hall–Kier alpha value is -0.870. The Kier molecular flexibility index (Phi) is 5.56. The van der Waals surface area contributed by atoms with Crippen molar-refractivity contribution in [2.75, 3.05) is 0 Å². The Morgan fingerprint density at radius 3 is 1.89 bits per heavy atom. The van der Waals surface area contributed by atoms with Crippen molar-refractivity contribution in [1.29, 1.82) is 0 Å². The average molecular weight is 283 g/mol. The number of rotatable bonds is 6.